The largest absolute Gasteiger partial charge is 0.481 e. The molecule has 0 aromatic rings. The van der Waals surface area contributed by atoms with Gasteiger partial charge in [-0.25, -0.2) is 0 Å². The molecular weight excluding hydrogens is 1120 g/mol. The number of carbonyl (C=O) groups is 12. The third-order valence-electron chi connectivity index (χ3n) is 13.2. The fourth-order valence-corrected chi connectivity index (χ4v) is 9.43. The van der Waals surface area contributed by atoms with Crippen molar-refractivity contribution in [1.29, 1.82) is 0 Å². The second kappa shape index (κ2) is 41.4. The summed E-state index contributed by atoms with van der Waals surface area (Å²) in [6.07, 6.45) is -3.66. The Labute approximate surface area is 486 Å². The van der Waals surface area contributed by atoms with Crippen molar-refractivity contribution in [2.24, 2.45) is 29.4 Å². The zero-order valence-electron chi connectivity index (χ0n) is 48.3. The summed E-state index contributed by atoms with van der Waals surface area (Å²) in [5.41, 5.74) is 6.03. The van der Waals surface area contributed by atoms with Crippen LogP contribution in [0.4, 0.5) is 0 Å². The number of nitrogens with one attached hydrogen (secondary N) is 6. The predicted molar refractivity (Wildman–Crippen MR) is 288 cm³/mol. The van der Waals surface area contributed by atoms with Gasteiger partial charge in [-0.1, -0.05) is 0 Å². The number of esters is 2. The summed E-state index contributed by atoms with van der Waals surface area (Å²) >= 11 is 0. The molecule has 0 aliphatic carbocycles. The maximum absolute atomic E-state index is 12.4. The monoisotopic (exact) mass is 1210 g/mol. The smallest absolute Gasteiger partial charge is 0.303 e. The van der Waals surface area contributed by atoms with Crippen LogP contribution in [0, 0.1) is 23.7 Å². The Morgan fingerprint density at radius 3 is 1.07 bits per heavy atom. The average molecular weight is 1210 g/mol. The van der Waals surface area contributed by atoms with Gasteiger partial charge in [-0.05, 0) is 38.5 Å². The molecule has 2 fully saturated rings. The molecule has 0 unspecified atom stereocenters. The number of nitrogens with two attached hydrogens (primary N) is 1. The number of carboxylic acid groups (broad SMARTS) is 4. The zero-order valence-corrected chi connectivity index (χ0v) is 48.3. The second-order valence-corrected chi connectivity index (χ2v) is 20.4. The first-order valence-corrected chi connectivity index (χ1v) is 28.1. The van der Waals surface area contributed by atoms with Crippen LogP contribution in [0.15, 0.2) is 0 Å². The summed E-state index contributed by atoms with van der Waals surface area (Å²) in [6.45, 7) is 5.71. The van der Waals surface area contributed by atoms with E-state index in [4.69, 9.17) is 43.6 Å². The van der Waals surface area contributed by atoms with Gasteiger partial charge in [-0.2, -0.15) is 0 Å². The fraction of sp³-hybridized carbons (Fsp3) is 0.774. The van der Waals surface area contributed by atoms with E-state index in [-0.39, 0.29) is 102 Å². The van der Waals surface area contributed by atoms with E-state index in [2.05, 4.69) is 31.9 Å². The molecule has 31 heteroatoms. The molecule has 0 aromatic heterocycles. The Morgan fingerprint density at radius 2 is 0.762 bits per heavy atom. The maximum Gasteiger partial charge on any atom is 0.303 e. The van der Waals surface area contributed by atoms with Gasteiger partial charge in [0.05, 0.1) is 82.4 Å². The molecule has 10 atom stereocenters. The second-order valence-electron chi connectivity index (χ2n) is 20.4. The van der Waals surface area contributed by atoms with Gasteiger partial charge in [0.15, 0.2) is 12.6 Å². The Kier molecular flexibility index (Phi) is 36.2. The van der Waals surface area contributed by atoms with E-state index in [0.29, 0.717) is 64.7 Å². The molecule has 2 saturated heterocycles. The van der Waals surface area contributed by atoms with E-state index < -0.39 is 140 Å². The summed E-state index contributed by atoms with van der Waals surface area (Å²) in [4.78, 5) is 144. The van der Waals surface area contributed by atoms with Gasteiger partial charge in [-0.15, -0.1) is 0 Å². The molecule has 6 amide bonds. The Hall–Kier alpha value is -6.64. The van der Waals surface area contributed by atoms with Crippen molar-refractivity contribution in [1.82, 2.24) is 31.9 Å². The SMILES string of the molecule is CC(=O)N[C@H]1[C@H](OCCCCC(=O)NCCCNC(=O)CCOCC(N)COCCC(=O)NCCCNC(=O)CCCCO[C@@H]2O[C@@H](COC(C)=O)[C@H](CC(=O)O)[C@@H](CC(=O)O)[C@H]2NC(C)=O)O[C@@H](COC(C)=O)[C@H](CC(=O)O)[C@H]1CC(=O)O. The van der Waals surface area contributed by atoms with Crippen LogP contribution in [0.25, 0.3) is 0 Å². The zero-order chi connectivity index (χ0) is 62.6. The van der Waals surface area contributed by atoms with E-state index in [1.807, 2.05) is 0 Å². The molecule has 0 saturated carbocycles. The van der Waals surface area contributed by atoms with Gasteiger partial charge < -0.3 is 96.0 Å². The number of carbonyl (C=O) groups excluding carboxylic acids is 8. The van der Waals surface area contributed by atoms with Gasteiger partial charge >= 0.3 is 35.8 Å². The topological polar surface area (TPSA) is 458 Å². The summed E-state index contributed by atoms with van der Waals surface area (Å²) in [5.74, 6) is -12.1. The van der Waals surface area contributed by atoms with Crippen molar-refractivity contribution in [2.75, 3.05) is 79.0 Å². The van der Waals surface area contributed by atoms with E-state index in [1.54, 1.807) is 0 Å². The molecule has 84 heavy (non-hydrogen) atoms. The van der Waals surface area contributed by atoms with E-state index in [0.717, 1.165) is 13.8 Å². The van der Waals surface area contributed by atoms with Crippen molar-refractivity contribution in [3.63, 3.8) is 0 Å². The molecule has 12 N–H and O–H groups in total. The van der Waals surface area contributed by atoms with Crippen molar-refractivity contribution < 1.29 is 116 Å². The number of aliphatic carboxylic acids is 4. The lowest BCUT2D eigenvalue weighted by Gasteiger charge is -2.46. The van der Waals surface area contributed by atoms with Crippen LogP contribution in [-0.4, -0.2) is 214 Å². The van der Waals surface area contributed by atoms with Crippen LogP contribution in [0.1, 0.15) is 118 Å². The van der Waals surface area contributed by atoms with Crippen LogP contribution < -0.4 is 37.6 Å². The minimum absolute atomic E-state index is 0.0403. The van der Waals surface area contributed by atoms with Gasteiger partial charge in [0, 0.05) is 116 Å². The minimum Gasteiger partial charge on any atom is -0.481 e. The Balaban J connectivity index is 1.54. The van der Waals surface area contributed by atoms with Crippen molar-refractivity contribution >= 4 is 71.3 Å². The fourth-order valence-electron chi connectivity index (χ4n) is 9.43. The number of unbranched alkanes of at least 4 members (excludes halogenated alkanes) is 2. The predicted octanol–water partition coefficient (Wildman–Crippen LogP) is -1.31. The van der Waals surface area contributed by atoms with Gasteiger partial charge in [0.2, 0.25) is 35.4 Å². The number of hydrogen-bond acceptors (Lipinski definition) is 21. The average Bonchev–Trinajstić information content (AvgIpc) is 1.62. The third kappa shape index (κ3) is 32.4. The lowest BCUT2D eigenvalue weighted by atomic mass is 9.75. The molecule has 31 nitrogen and oxygen atoms in total. The molecule has 2 rings (SSSR count). The maximum atomic E-state index is 12.4. The third-order valence-corrected chi connectivity index (χ3v) is 13.2. The molecule has 2 aliphatic rings. The number of rotatable bonds is 44. The molecule has 478 valence electrons. The lowest BCUT2D eigenvalue weighted by Crippen LogP contribution is -2.60. The molecule has 2 heterocycles. The summed E-state index contributed by atoms with van der Waals surface area (Å²) in [7, 11) is 0. The van der Waals surface area contributed by atoms with E-state index >= 15 is 0 Å². The van der Waals surface area contributed by atoms with Crippen LogP contribution in [0.5, 0.6) is 0 Å². The number of ether oxygens (including phenoxy) is 8. The van der Waals surface area contributed by atoms with Gasteiger partial charge in [-0.3, -0.25) is 57.5 Å². The minimum atomic E-state index is -1.24. The summed E-state index contributed by atoms with van der Waals surface area (Å²) in [5, 5.41) is 54.7. The number of hydrogen-bond donors (Lipinski definition) is 11. The Bertz CT molecular complexity index is 1990. The van der Waals surface area contributed by atoms with Gasteiger partial charge in [0.25, 0.3) is 0 Å². The molecule has 0 aromatic carbocycles. The highest BCUT2D eigenvalue weighted by molar-refractivity contribution is 5.78. The van der Waals surface area contributed by atoms with Crippen LogP contribution in [-0.2, 0) is 95.4 Å². The first-order chi connectivity index (χ1) is 39.9. The highest BCUT2D eigenvalue weighted by Gasteiger charge is 2.50. The quantitative estimate of drug-likeness (QED) is 0.0249. The molecule has 0 bridgehead atoms. The van der Waals surface area contributed by atoms with Crippen LogP contribution in [0.3, 0.4) is 0 Å². The normalized spacial score (nSPS) is 21.9. The Morgan fingerprint density at radius 1 is 0.440 bits per heavy atom. The highest BCUT2D eigenvalue weighted by atomic mass is 16.7. The highest BCUT2D eigenvalue weighted by Crippen LogP contribution is 2.38. The lowest BCUT2D eigenvalue weighted by molar-refractivity contribution is -0.250. The summed E-state index contributed by atoms with van der Waals surface area (Å²) in [6, 6.07) is -2.57. The van der Waals surface area contributed by atoms with Crippen molar-refractivity contribution in [3.05, 3.63) is 0 Å². The van der Waals surface area contributed by atoms with Gasteiger partial charge in [0.1, 0.15) is 13.2 Å². The molecule has 0 radical (unpaired) electrons. The molecule has 0 spiro atoms. The first kappa shape index (κ1) is 73.5. The van der Waals surface area contributed by atoms with Crippen LogP contribution >= 0.6 is 0 Å². The first-order valence-electron chi connectivity index (χ1n) is 28.1. The van der Waals surface area contributed by atoms with E-state index in [9.17, 15) is 78.0 Å². The number of carboxylic acids is 4. The standard InChI is InChI=1S/C53H87N7O24/c1-31(61)59-50-38(25-48(73)74)36(23-46(69)70)40(29-81-33(3)63)83-52(50)79-19-7-5-11-42(65)55-15-9-17-57-44(67)13-21-77-27-35(54)28-78-22-14-45(68)58-18-10-16-56-43(66)12-6-8-20-80-53-51(60-32(2)62)39(26-49(75)76)37(24-47(71)72)41(84-53)30-82-34(4)64/h35-41,50-53H,5-30,54H2,1-4H3,(H,55,65)(H,56,66)(H,57,67)(H,58,68)(H,59,61)(H,60,62)(H,69,70)(H,71,72)(H,73,74)(H,75,76)/t36-,37-,38-,39-,40+,41+,50-,51-,52-,53-/m1/s1. The summed E-state index contributed by atoms with van der Waals surface area (Å²) < 4.78 is 44.9. The van der Waals surface area contributed by atoms with E-state index in [1.165, 1.54) is 13.8 Å². The van der Waals surface area contributed by atoms with Crippen molar-refractivity contribution in [3.8, 4) is 0 Å². The molecule has 2 aliphatic heterocycles. The molecular formula is C53H87N7O24. The van der Waals surface area contributed by atoms with Crippen LogP contribution in [0.2, 0.25) is 0 Å². The van der Waals surface area contributed by atoms with Crippen molar-refractivity contribution in [2.45, 2.75) is 160 Å². The number of amides is 6.